The predicted molar refractivity (Wildman–Crippen MR) is 80.4 cm³/mol. The SMILES string of the molecule is Cc1ccc(C2NC(C)C(=O)N2CCCS(C)(=O)=O)s1. The maximum Gasteiger partial charge on any atom is 0.241 e. The van der Waals surface area contributed by atoms with Gasteiger partial charge in [0.1, 0.15) is 16.0 Å². The number of sulfone groups is 1. The first kappa shape index (κ1) is 15.5. The lowest BCUT2D eigenvalue weighted by Gasteiger charge is -2.23. The zero-order valence-electron chi connectivity index (χ0n) is 11.9. The monoisotopic (exact) mass is 316 g/mol. The van der Waals surface area contributed by atoms with Crippen LogP contribution in [0.1, 0.15) is 29.3 Å². The summed E-state index contributed by atoms with van der Waals surface area (Å²) in [7, 11) is -2.98. The van der Waals surface area contributed by atoms with Crippen LogP contribution in [0.3, 0.4) is 0 Å². The van der Waals surface area contributed by atoms with Gasteiger partial charge in [-0.2, -0.15) is 0 Å². The van der Waals surface area contributed by atoms with Gasteiger partial charge in [-0.25, -0.2) is 8.42 Å². The fourth-order valence-electron chi connectivity index (χ4n) is 2.35. The third kappa shape index (κ3) is 3.59. The predicted octanol–water partition coefficient (Wildman–Crippen LogP) is 1.31. The van der Waals surface area contributed by atoms with Crippen LogP contribution in [0.5, 0.6) is 0 Å². The third-order valence-corrected chi connectivity index (χ3v) is 5.40. The van der Waals surface area contributed by atoms with E-state index in [0.717, 1.165) is 4.88 Å². The van der Waals surface area contributed by atoms with Crippen molar-refractivity contribution in [2.75, 3.05) is 18.6 Å². The summed E-state index contributed by atoms with van der Waals surface area (Å²) in [6.07, 6.45) is 1.57. The Morgan fingerprint density at radius 1 is 1.40 bits per heavy atom. The molecular formula is C13H20N2O3S2. The van der Waals surface area contributed by atoms with E-state index in [1.54, 1.807) is 16.2 Å². The first-order valence-corrected chi connectivity index (χ1v) is 9.46. The van der Waals surface area contributed by atoms with Crippen LogP contribution in [0, 0.1) is 6.92 Å². The van der Waals surface area contributed by atoms with E-state index in [-0.39, 0.29) is 23.9 Å². The van der Waals surface area contributed by atoms with Gasteiger partial charge in [0, 0.05) is 22.6 Å². The number of nitrogens with zero attached hydrogens (tertiary/aromatic N) is 1. The molecule has 5 nitrogen and oxygen atoms in total. The Balaban J connectivity index is 2.08. The van der Waals surface area contributed by atoms with Gasteiger partial charge in [-0.05, 0) is 32.4 Å². The van der Waals surface area contributed by atoms with Crippen LogP contribution in [0.25, 0.3) is 0 Å². The van der Waals surface area contributed by atoms with E-state index in [2.05, 4.69) is 5.32 Å². The normalized spacial score (nSPS) is 23.6. The summed E-state index contributed by atoms with van der Waals surface area (Å²) in [4.78, 5) is 16.2. The van der Waals surface area contributed by atoms with Crippen molar-refractivity contribution in [3.63, 3.8) is 0 Å². The van der Waals surface area contributed by atoms with Crippen LogP contribution in [0.2, 0.25) is 0 Å². The second kappa shape index (κ2) is 5.83. The van der Waals surface area contributed by atoms with E-state index in [4.69, 9.17) is 0 Å². The molecule has 0 bridgehead atoms. The Kier molecular flexibility index (Phi) is 4.51. The van der Waals surface area contributed by atoms with Gasteiger partial charge in [0.15, 0.2) is 0 Å². The van der Waals surface area contributed by atoms with Crippen LogP contribution in [0.15, 0.2) is 12.1 Å². The van der Waals surface area contributed by atoms with Gasteiger partial charge in [-0.15, -0.1) is 11.3 Å². The van der Waals surface area contributed by atoms with E-state index in [0.29, 0.717) is 13.0 Å². The van der Waals surface area contributed by atoms with Gasteiger partial charge in [0.25, 0.3) is 0 Å². The van der Waals surface area contributed by atoms with Gasteiger partial charge < -0.3 is 4.90 Å². The minimum absolute atomic E-state index is 0.0366. The molecule has 2 atom stereocenters. The molecule has 2 rings (SSSR count). The molecule has 0 aromatic carbocycles. The maximum absolute atomic E-state index is 12.2. The molecule has 7 heteroatoms. The summed E-state index contributed by atoms with van der Waals surface area (Å²) < 4.78 is 22.4. The van der Waals surface area contributed by atoms with Crippen molar-refractivity contribution >= 4 is 27.1 Å². The lowest BCUT2D eigenvalue weighted by Crippen LogP contribution is -2.32. The molecule has 1 aliphatic rings. The number of amides is 1. The molecule has 1 fully saturated rings. The molecule has 1 aromatic rings. The summed E-state index contributed by atoms with van der Waals surface area (Å²) in [5.74, 6) is 0.149. The minimum atomic E-state index is -2.98. The van der Waals surface area contributed by atoms with Crippen molar-refractivity contribution in [3.8, 4) is 0 Å². The summed E-state index contributed by atoms with van der Waals surface area (Å²) >= 11 is 1.66. The lowest BCUT2D eigenvalue weighted by atomic mass is 10.3. The molecule has 1 aliphatic heterocycles. The Labute approximate surface area is 123 Å². The fourth-order valence-corrected chi connectivity index (χ4v) is 3.95. The largest absolute Gasteiger partial charge is 0.321 e. The molecular weight excluding hydrogens is 296 g/mol. The van der Waals surface area contributed by atoms with Gasteiger partial charge in [-0.1, -0.05) is 0 Å². The zero-order valence-corrected chi connectivity index (χ0v) is 13.6. The fraction of sp³-hybridized carbons (Fsp3) is 0.615. The Morgan fingerprint density at radius 2 is 2.10 bits per heavy atom. The second-order valence-electron chi connectivity index (χ2n) is 5.25. The van der Waals surface area contributed by atoms with Crippen LogP contribution in [-0.2, 0) is 14.6 Å². The number of rotatable bonds is 5. The minimum Gasteiger partial charge on any atom is -0.321 e. The highest BCUT2D eigenvalue weighted by Gasteiger charge is 2.37. The molecule has 1 saturated heterocycles. The van der Waals surface area contributed by atoms with Crippen LogP contribution >= 0.6 is 11.3 Å². The Morgan fingerprint density at radius 3 is 2.65 bits per heavy atom. The van der Waals surface area contributed by atoms with Gasteiger partial charge in [0.2, 0.25) is 5.91 Å². The molecule has 2 unspecified atom stereocenters. The van der Waals surface area contributed by atoms with E-state index in [1.807, 2.05) is 26.0 Å². The first-order valence-electron chi connectivity index (χ1n) is 6.58. The Hall–Kier alpha value is -0.920. The van der Waals surface area contributed by atoms with Crippen LogP contribution in [-0.4, -0.2) is 43.8 Å². The third-order valence-electron chi connectivity index (χ3n) is 3.32. The number of carbonyl (C=O) groups is 1. The molecule has 20 heavy (non-hydrogen) atoms. The van der Waals surface area contributed by atoms with Gasteiger partial charge in [-0.3, -0.25) is 10.1 Å². The van der Waals surface area contributed by atoms with Crippen LogP contribution < -0.4 is 5.32 Å². The topological polar surface area (TPSA) is 66.5 Å². The highest BCUT2D eigenvalue weighted by atomic mass is 32.2. The smallest absolute Gasteiger partial charge is 0.241 e. The maximum atomic E-state index is 12.2. The van der Waals surface area contributed by atoms with E-state index in [9.17, 15) is 13.2 Å². The molecule has 0 spiro atoms. The summed E-state index contributed by atoms with van der Waals surface area (Å²) in [5.41, 5.74) is 0. The molecule has 0 saturated carbocycles. The van der Waals surface area contributed by atoms with E-state index < -0.39 is 9.84 Å². The van der Waals surface area contributed by atoms with E-state index in [1.165, 1.54) is 11.1 Å². The van der Waals surface area contributed by atoms with Crippen molar-refractivity contribution < 1.29 is 13.2 Å². The number of thiophene rings is 1. The van der Waals surface area contributed by atoms with Crippen LogP contribution in [0.4, 0.5) is 0 Å². The molecule has 0 radical (unpaired) electrons. The number of carbonyl (C=O) groups excluding carboxylic acids is 1. The van der Waals surface area contributed by atoms with Crippen molar-refractivity contribution in [2.45, 2.75) is 32.5 Å². The number of hydrogen-bond donors (Lipinski definition) is 1. The molecule has 2 heterocycles. The van der Waals surface area contributed by atoms with Crippen molar-refractivity contribution in [2.24, 2.45) is 0 Å². The van der Waals surface area contributed by atoms with E-state index >= 15 is 0 Å². The number of nitrogens with one attached hydrogen (secondary N) is 1. The van der Waals surface area contributed by atoms with Crippen molar-refractivity contribution in [3.05, 3.63) is 21.9 Å². The molecule has 1 N–H and O–H groups in total. The zero-order chi connectivity index (χ0) is 14.9. The standard InChI is InChI=1S/C13H20N2O3S2/c1-9-5-6-11(19-9)12-14-10(2)13(16)15(12)7-4-8-20(3,17)18/h5-6,10,12,14H,4,7-8H2,1-3H3. The summed E-state index contributed by atoms with van der Waals surface area (Å²) in [5, 5.41) is 3.27. The number of aryl methyl sites for hydroxylation is 1. The quantitative estimate of drug-likeness (QED) is 0.889. The first-order chi connectivity index (χ1) is 9.28. The lowest BCUT2D eigenvalue weighted by molar-refractivity contribution is -0.129. The van der Waals surface area contributed by atoms with Crippen molar-refractivity contribution in [1.82, 2.24) is 10.2 Å². The van der Waals surface area contributed by atoms with Crippen molar-refractivity contribution in [1.29, 1.82) is 0 Å². The molecule has 112 valence electrons. The average Bonchev–Trinajstić information content (AvgIpc) is 2.86. The molecule has 1 aromatic heterocycles. The highest BCUT2D eigenvalue weighted by molar-refractivity contribution is 7.90. The summed E-state index contributed by atoms with van der Waals surface area (Å²) in [6.45, 7) is 4.33. The highest BCUT2D eigenvalue weighted by Crippen LogP contribution is 2.30. The second-order valence-corrected chi connectivity index (χ2v) is 8.83. The number of hydrogen-bond acceptors (Lipinski definition) is 5. The van der Waals surface area contributed by atoms with Gasteiger partial charge in [0.05, 0.1) is 11.8 Å². The average molecular weight is 316 g/mol. The Bertz CT molecular complexity index is 595. The molecule has 0 aliphatic carbocycles. The van der Waals surface area contributed by atoms with Gasteiger partial charge >= 0.3 is 0 Å². The summed E-state index contributed by atoms with van der Waals surface area (Å²) in [6, 6.07) is 3.83. The molecule has 1 amide bonds.